The van der Waals surface area contributed by atoms with E-state index >= 15 is 0 Å². The number of carbonyl (C=O) groups excluding carboxylic acids is 2. The van der Waals surface area contributed by atoms with Gasteiger partial charge in [0, 0.05) is 29.3 Å². The lowest BCUT2D eigenvalue weighted by atomic mass is 10.1. The average Bonchev–Trinajstić information content (AvgIpc) is 2.49. The van der Waals surface area contributed by atoms with Crippen LogP contribution in [0.3, 0.4) is 0 Å². The fourth-order valence-corrected chi connectivity index (χ4v) is 2.32. The summed E-state index contributed by atoms with van der Waals surface area (Å²) in [6.45, 7) is 3.64. The number of nitrogens with one attached hydrogen (secondary N) is 1. The van der Waals surface area contributed by atoms with Gasteiger partial charge in [0.15, 0.2) is 5.11 Å². The summed E-state index contributed by atoms with van der Waals surface area (Å²) in [7, 11) is 0. The van der Waals surface area contributed by atoms with Crippen LogP contribution in [0.15, 0.2) is 36.4 Å². The first-order valence-electron chi connectivity index (χ1n) is 6.29. The average molecular weight is 352 g/mol. The number of nitrogens with zero attached hydrogens (tertiary/aromatic N) is 2. The second-order valence-corrected chi connectivity index (χ2v) is 5.28. The third kappa shape index (κ3) is 3.43. The molecule has 0 bridgehead atoms. The predicted octanol–water partition coefficient (Wildman–Crippen LogP) is 2.06. The van der Waals surface area contributed by atoms with Gasteiger partial charge in [-0.1, -0.05) is 17.7 Å². The summed E-state index contributed by atoms with van der Waals surface area (Å²) < 4.78 is 0. The first-order chi connectivity index (χ1) is 10.8. The van der Waals surface area contributed by atoms with Crippen LogP contribution in [0.5, 0.6) is 0 Å². The zero-order valence-corrected chi connectivity index (χ0v) is 13.2. The van der Waals surface area contributed by atoms with E-state index in [0.717, 1.165) is 4.90 Å². The lowest BCUT2D eigenvalue weighted by Gasteiger charge is -2.27. The van der Waals surface area contributed by atoms with Crippen molar-refractivity contribution in [2.24, 2.45) is 0 Å². The second-order valence-electron chi connectivity index (χ2n) is 4.48. The van der Waals surface area contributed by atoms with Gasteiger partial charge in [-0.15, -0.1) is 6.58 Å². The summed E-state index contributed by atoms with van der Waals surface area (Å²) >= 11 is 10.9. The maximum Gasteiger partial charge on any atom is 0.270 e. The fourth-order valence-electron chi connectivity index (χ4n) is 1.90. The molecule has 1 aromatic carbocycles. The highest BCUT2D eigenvalue weighted by Gasteiger charge is 2.32. The SMILES string of the molecule is C=CCN1C(=O)C(=Cc2cc([N+](=O)[O-])ccc2Cl)C(=O)NC1=S. The molecule has 0 spiro atoms. The number of hydrogen-bond donors (Lipinski definition) is 1. The van der Waals surface area contributed by atoms with Gasteiger partial charge in [-0.05, 0) is 24.4 Å². The summed E-state index contributed by atoms with van der Waals surface area (Å²) in [6, 6.07) is 3.73. The Morgan fingerprint density at radius 2 is 2.13 bits per heavy atom. The molecule has 2 rings (SSSR count). The quantitative estimate of drug-likeness (QED) is 0.224. The Morgan fingerprint density at radius 1 is 1.43 bits per heavy atom. The Balaban J connectivity index is 2.48. The van der Waals surface area contributed by atoms with E-state index in [4.69, 9.17) is 23.8 Å². The Hall–Kier alpha value is -2.58. The normalized spacial score (nSPS) is 16.5. The van der Waals surface area contributed by atoms with E-state index in [2.05, 4.69) is 11.9 Å². The number of carbonyl (C=O) groups is 2. The van der Waals surface area contributed by atoms with E-state index in [1.165, 1.54) is 30.4 Å². The highest BCUT2D eigenvalue weighted by atomic mass is 35.5. The molecule has 1 heterocycles. The monoisotopic (exact) mass is 351 g/mol. The first-order valence-corrected chi connectivity index (χ1v) is 7.07. The molecule has 1 aromatic rings. The Morgan fingerprint density at radius 3 is 2.74 bits per heavy atom. The highest BCUT2D eigenvalue weighted by Crippen LogP contribution is 2.25. The molecule has 1 saturated heterocycles. The van der Waals surface area contributed by atoms with Crippen LogP contribution < -0.4 is 5.32 Å². The van der Waals surface area contributed by atoms with Gasteiger partial charge in [-0.25, -0.2) is 0 Å². The van der Waals surface area contributed by atoms with Gasteiger partial charge >= 0.3 is 0 Å². The maximum atomic E-state index is 12.4. The molecule has 1 aliphatic heterocycles. The molecule has 23 heavy (non-hydrogen) atoms. The van der Waals surface area contributed by atoms with Gasteiger partial charge in [-0.2, -0.15) is 0 Å². The molecule has 1 fully saturated rings. The molecule has 2 amide bonds. The second kappa shape index (κ2) is 6.67. The Kier molecular flexibility index (Phi) is 4.87. The topological polar surface area (TPSA) is 92.6 Å². The smallest absolute Gasteiger partial charge is 0.270 e. The molecule has 9 heteroatoms. The van der Waals surface area contributed by atoms with Crippen LogP contribution in [0.25, 0.3) is 6.08 Å². The van der Waals surface area contributed by atoms with Gasteiger partial charge in [0.25, 0.3) is 17.5 Å². The van der Waals surface area contributed by atoms with Crippen LogP contribution >= 0.6 is 23.8 Å². The van der Waals surface area contributed by atoms with Gasteiger partial charge in [0.2, 0.25) is 0 Å². The largest absolute Gasteiger partial charge is 0.298 e. The third-order valence-corrected chi connectivity index (χ3v) is 3.65. The van der Waals surface area contributed by atoms with Crippen LogP contribution in [-0.2, 0) is 9.59 Å². The Bertz CT molecular complexity index is 775. The first kappa shape index (κ1) is 16.8. The zero-order valence-electron chi connectivity index (χ0n) is 11.6. The summed E-state index contributed by atoms with van der Waals surface area (Å²) in [5, 5.41) is 13.3. The molecule has 0 aromatic heterocycles. The lowest BCUT2D eigenvalue weighted by Crippen LogP contribution is -2.53. The molecule has 0 saturated carbocycles. The zero-order chi connectivity index (χ0) is 17.1. The molecule has 1 N–H and O–H groups in total. The van der Waals surface area contributed by atoms with Gasteiger partial charge in [0.05, 0.1) is 4.92 Å². The summed E-state index contributed by atoms with van der Waals surface area (Å²) in [4.78, 5) is 35.7. The molecule has 7 nitrogen and oxygen atoms in total. The summed E-state index contributed by atoms with van der Waals surface area (Å²) in [6.07, 6.45) is 2.66. The van der Waals surface area contributed by atoms with Crippen molar-refractivity contribution in [1.82, 2.24) is 10.2 Å². The van der Waals surface area contributed by atoms with Crippen molar-refractivity contribution in [3.05, 3.63) is 57.1 Å². The highest BCUT2D eigenvalue weighted by molar-refractivity contribution is 7.80. The van der Waals surface area contributed by atoms with Gasteiger partial charge < -0.3 is 0 Å². The third-order valence-electron chi connectivity index (χ3n) is 2.99. The van der Waals surface area contributed by atoms with Crippen LogP contribution in [0.1, 0.15) is 5.56 Å². The van der Waals surface area contributed by atoms with E-state index in [1.54, 1.807) is 0 Å². The van der Waals surface area contributed by atoms with Crippen LogP contribution in [0, 0.1) is 10.1 Å². The Labute approximate surface area is 141 Å². The molecule has 0 aliphatic carbocycles. The van der Waals surface area contributed by atoms with E-state index < -0.39 is 16.7 Å². The molecule has 118 valence electrons. The maximum absolute atomic E-state index is 12.4. The number of hydrogen-bond acceptors (Lipinski definition) is 5. The number of nitro groups is 1. The van der Waals surface area contributed by atoms with Crippen molar-refractivity contribution in [2.45, 2.75) is 0 Å². The lowest BCUT2D eigenvalue weighted by molar-refractivity contribution is -0.384. The van der Waals surface area contributed by atoms with Crippen molar-refractivity contribution < 1.29 is 14.5 Å². The standard InChI is InChI=1S/C14H10ClN3O4S/c1-2-5-17-13(20)10(12(19)16-14(17)23)7-8-6-9(18(21)22)3-4-11(8)15/h2-4,6-7H,1,5H2,(H,16,19,23). The van der Waals surface area contributed by atoms with E-state index in [-0.39, 0.29) is 33.5 Å². The van der Waals surface area contributed by atoms with E-state index in [1.807, 2.05) is 0 Å². The molecule has 0 radical (unpaired) electrons. The minimum Gasteiger partial charge on any atom is -0.298 e. The molecule has 0 atom stereocenters. The minimum absolute atomic E-state index is 0.0258. The molecular formula is C14H10ClN3O4S. The number of non-ortho nitro benzene ring substituents is 1. The van der Waals surface area contributed by atoms with Gasteiger partial charge in [-0.3, -0.25) is 29.9 Å². The van der Waals surface area contributed by atoms with Crippen molar-refractivity contribution in [2.75, 3.05) is 6.54 Å². The van der Waals surface area contributed by atoms with Crippen molar-refractivity contribution in [1.29, 1.82) is 0 Å². The van der Waals surface area contributed by atoms with E-state index in [9.17, 15) is 19.7 Å². The summed E-state index contributed by atoms with van der Waals surface area (Å²) in [5.41, 5.74) is -0.239. The molecule has 1 aliphatic rings. The van der Waals surface area contributed by atoms with Crippen LogP contribution in [0.2, 0.25) is 5.02 Å². The number of nitro benzene ring substituents is 1. The summed E-state index contributed by atoms with van der Waals surface area (Å²) in [5.74, 6) is -1.32. The fraction of sp³-hybridized carbons (Fsp3) is 0.0714. The number of benzene rings is 1. The predicted molar refractivity (Wildman–Crippen MR) is 88.7 cm³/mol. The van der Waals surface area contributed by atoms with Crippen molar-refractivity contribution in [3.63, 3.8) is 0 Å². The molecular weight excluding hydrogens is 342 g/mol. The minimum atomic E-state index is -0.692. The van der Waals surface area contributed by atoms with Crippen molar-refractivity contribution in [3.8, 4) is 0 Å². The van der Waals surface area contributed by atoms with Gasteiger partial charge in [0.1, 0.15) is 5.57 Å². The number of amides is 2. The number of thiocarbonyl (C=S) groups is 1. The van der Waals surface area contributed by atoms with E-state index in [0.29, 0.717) is 0 Å². The number of rotatable bonds is 4. The van der Waals surface area contributed by atoms with Crippen LogP contribution in [0.4, 0.5) is 5.69 Å². The number of halogens is 1. The van der Waals surface area contributed by atoms with Crippen LogP contribution in [-0.4, -0.2) is 33.3 Å². The van der Waals surface area contributed by atoms with Crippen molar-refractivity contribution >= 4 is 52.5 Å². The molecule has 0 unspecified atom stereocenters.